The topological polar surface area (TPSA) is 197 Å². The molecule has 10 N–H and O–H groups in total. The third-order valence-electron chi connectivity index (χ3n) is 5.10. The lowest BCUT2D eigenvalue weighted by Gasteiger charge is -2.38. The molecule has 0 heterocycles. The summed E-state index contributed by atoms with van der Waals surface area (Å²) in [5.74, 6) is 0. The summed E-state index contributed by atoms with van der Waals surface area (Å²) in [6, 6.07) is 4.04. The molecular weight excluding hydrogens is 460 g/mol. The molecule has 12 heteroatoms. The maximum Gasteiger partial charge on any atom is 0.334 e. The van der Waals surface area contributed by atoms with Crippen molar-refractivity contribution in [3.05, 3.63) is 34.4 Å². The van der Waals surface area contributed by atoms with Gasteiger partial charge in [0.05, 0.1) is 31.3 Å². The van der Waals surface area contributed by atoms with E-state index in [2.05, 4.69) is 31.1 Å². The van der Waals surface area contributed by atoms with Gasteiger partial charge in [0, 0.05) is 6.54 Å². The molecule has 0 aliphatic carbocycles. The van der Waals surface area contributed by atoms with Gasteiger partial charge in [0.1, 0.15) is 0 Å². The van der Waals surface area contributed by atoms with E-state index in [0.717, 1.165) is 16.7 Å². The van der Waals surface area contributed by atoms with Crippen LogP contribution in [0.1, 0.15) is 69.9 Å². The Balaban J connectivity index is 0.00000118. The molecular formula is C20H39NO9P2. The first kappa shape index (κ1) is 31.7. The Morgan fingerprint density at radius 2 is 1.28 bits per heavy atom. The highest BCUT2D eigenvalue weighted by Gasteiger charge is 2.41. The zero-order valence-corrected chi connectivity index (χ0v) is 21.3. The zero-order chi connectivity index (χ0) is 25.5. The Morgan fingerprint density at radius 3 is 1.53 bits per heavy atom. The molecule has 1 atom stereocenters. The van der Waals surface area contributed by atoms with Crippen LogP contribution < -0.4 is 5.73 Å². The quantitative estimate of drug-likeness (QED) is 0.234. The van der Waals surface area contributed by atoms with Crippen LogP contribution >= 0.6 is 17.2 Å². The minimum absolute atomic E-state index is 0.0879. The summed E-state index contributed by atoms with van der Waals surface area (Å²) in [7, 11) is -5.22. The first-order valence-electron chi connectivity index (χ1n) is 9.93. The van der Waals surface area contributed by atoms with Crippen molar-refractivity contribution < 1.29 is 44.3 Å². The summed E-state index contributed by atoms with van der Waals surface area (Å²) in [4.78, 5) is 31.3. The third-order valence-corrected chi connectivity index (χ3v) is 6.27. The summed E-state index contributed by atoms with van der Waals surface area (Å²) >= 11 is 0. The summed E-state index contributed by atoms with van der Waals surface area (Å²) in [6.07, 6.45) is -1.23. The van der Waals surface area contributed by atoms with Crippen LogP contribution in [0.25, 0.3) is 0 Å². The van der Waals surface area contributed by atoms with Crippen molar-refractivity contribution in [2.45, 2.75) is 65.0 Å². The van der Waals surface area contributed by atoms with Crippen molar-refractivity contribution in [3.63, 3.8) is 0 Å². The van der Waals surface area contributed by atoms with E-state index in [1.165, 1.54) is 0 Å². The van der Waals surface area contributed by atoms with E-state index < -0.39 is 48.5 Å². The molecule has 10 nitrogen and oxygen atoms in total. The van der Waals surface area contributed by atoms with Crippen LogP contribution in [0.5, 0.6) is 0 Å². The van der Waals surface area contributed by atoms with Crippen molar-refractivity contribution in [3.8, 4) is 0 Å². The predicted octanol–water partition coefficient (Wildman–Crippen LogP) is 1.16. The SMILES string of the molecule is CC(C)(C)c1cc(CN)c(C(O)C(CO)(CO)CO)c(C(C)(C)C)c1.OP(O)OP(O)O. The lowest BCUT2D eigenvalue weighted by atomic mass is 9.71. The Morgan fingerprint density at radius 1 is 0.844 bits per heavy atom. The van der Waals surface area contributed by atoms with Crippen LogP contribution in [0, 0.1) is 5.41 Å². The highest BCUT2D eigenvalue weighted by atomic mass is 31.2. The third kappa shape index (κ3) is 8.80. The van der Waals surface area contributed by atoms with E-state index in [1.807, 2.05) is 26.8 Å². The van der Waals surface area contributed by atoms with Crippen molar-refractivity contribution in [2.24, 2.45) is 11.1 Å². The first-order chi connectivity index (χ1) is 14.5. The fourth-order valence-corrected chi connectivity index (χ4v) is 3.56. The Labute approximate surface area is 192 Å². The fraction of sp³-hybridized carbons (Fsp3) is 0.700. The molecule has 0 spiro atoms. The van der Waals surface area contributed by atoms with Crippen LogP contribution in [-0.4, -0.2) is 59.8 Å². The van der Waals surface area contributed by atoms with Gasteiger partial charge in [0.2, 0.25) is 0 Å². The van der Waals surface area contributed by atoms with E-state index in [0.29, 0.717) is 5.56 Å². The van der Waals surface area contributed by atoms with Crippen LogP contribution in [0.2, 0.25) is 0 Å². The van der Waals surface area contributed by atoms with Crippen molar-refractivity contribution in [1.29, 1.82) is 0 Å². The molecule has 0 aliphatic rings. The molecule has 0 saturated heterocycles. The average molecular weight is 499 g/mol. The summed E-state index contributed by atoms with van der Waals surface area (Å²) in [5, 5.41) is 40.3. The van der Waals surface area contributed by atoms with Crippen LogP contribution in [0.4, 0.5) is 0 Å². The molecule has 32 heavy (non-hydrogen) atoms. The molecule has 0 bridgehead atoms. The molecule has 1 unspecified atom stereocenters. The van der Waals surface area contributed by atoms with Crippen LogP contribution in [-0.2, 0) is 21.7 Å². The molecule has 0 aliphatic heterocycles. The minimum atomic E-state index is -2.61. The summed E-state index contributed by atoms with van der Waals surface area (Å²) < 4.78 is 3.60. The highest BCUT2D eigenvalue weighted by Crippen LogP contribution is 2.43. The largest absolute Gasteiger partial charge is 0.395 e. The van der Waals surface area contributed by atoms with Gasteiger partial charge in [-0.05, 0) is 33.1 Å². The van der Waals surface area contributed by atoms with Gasteiger partial charge in [-0.1, -0.05) is 53.7 Å². The van der Waals surface area contributed by atoms with Crippen molar-refractivity contribution >= 4 is 17.2 Å². The number of hydrogen-bond donors (Lipinski definition) is 9. The van der Waals surface area contributed by atoms with Gasteiger partial charge in [-0.3, -0.25) is 0 Å². The highest BCUT2D eigenvalue weighted by molar-refractivity contribution is 7.53. The minimum Gasteiger partial charge on any atom is -0.395 e. The van der Waals surface area contributed by atoms with Crippen LogP contribution in [0.15, 0.2) is 12.1 Å². The molecule has 0 aromatic heterocycles. The number of hydrogen-bond acceptors (Lipinski definition) is 10. The standard InChI is InChI=1S/C20H35NO4.H4O5P2/c1-18(2,3)14-7-13(9-21)16(15(8-14)19(4,5)6)17(25)20(10-22,11-23)12-24;1-6(2)5-7(3)4/h7-8,17,22-25H,9-12,21H2,1-6H3;1-4H. The number of nitrogens with two attached hydrogens (primary N) is 1. The number of aliphatic hydroxyl groups excluding tert-OH is 4. The van der Waals surface area contributed by atoms with Crippen molar-refractivity contribution in [1.82, 2.24) is 0 Å². The molecule has 188 valence electrons. The summed E-state index contributed by atoms with van der Waals surface area (Å²) in [6.45, 7) is 11.1. The number of benzene rings is 1. The maximum absolute atomic E-state index is 11.0. The summed E-state index contributed by atoms with van der Waals surface area (Å²) in [5.41, 5.74) is 7.57. The average Bonchev–Trinajstić information content (AvgIpc) is 2.66. The Hall–Kier alpha value is -0.320. The monoisotopic (exact) mass is 499 g/mol. The second kappa shape index (κ2) is 13.0. The van der Waals surface area contributed by atoms with Gasteiger partial charge in [-0.2, -0.15) is 0 Å². The number of aliphatic hydroxyl groups is 4. The van der Waals surface area contributed by atoms with E-state index in [4.69, 9.17) is 25.3 Å². The second-order valence-corrected chi connectivity index (χ2v) is 11.3. The lowest BCUT2D eigenvalue weighted by Crippen LogP contribution is -2.41. The van der Waals surface area contributed by atoms with Gasteiger partial charge in [0.25, 0.3) is 0 Å². The van der Waals surface area contributed by atoms with Gasteiger partial charge in [-0.25, -0.2) is 4.31 Å². The smallest absolute Gasteiger partial charge is 0.334 e. The first-order valence-corrected chi connectivity index (χ1v) is 12.3. The van der Waals surface area contributed by atoms with Gasteiger partial charge < -0.3 is 45.7 Å². The molecule has 0 saturated carbocycles. The van der Waals surface area contributed by atoms with E-state index in [1.54, 1.807) is 0 Å². The number of rotatable bonds is 8. The van der Waals surface area contributed by atoms with Crippen molar-refractivity contribution in [2.75, 3.05) is 19.8 Å². The van der Waals surface area contributed by atoms with Gasteiger partial charge in [0.15, 0.2) is 0 Å². The van der Waals surface area contributed by atoms with Gasteiger partial charge >= 0.3 is 17.2 Å². The Kier molecular flexibility index (Phi) is 12.8. The van der Waals surface area contributed by atoms with E-state index in [9.17, 15) is 20.4 Å². The molecule has 0 fully saturated rings. The van der Waals surface area contributed by atoms with E-state index in [-0.39, 0.29) is 17.4 Å². The molecule has 1 aromatic carbocycles. The maximum atomic E-state index is 11.0. The lowest BCUT2D eigenvalue weighted by molar-refractivity contribution is -0.0860. The van der Waals surface area contributed by atoms with Gasteiger partial charge in [-0.15, -0.1) is 0 Å². The molecule has 0 amide bonds. The Bertz CT molecular complexity index is 685. The van der Waals surface area contributed by atoms with Crippen LogP contribution in [0.3, 0.4) is 0 Å². The zero-order valence-electron chi connectivity index (χ0n) is 19.5. The second-order valence-electron chi connectivity index (χ2n) is 9.63. The van der Waals surface area contributed by atoms with E-state index >= 15 is 0 Å². The molecule has 0 radical (unpaired) electrons. The molecule has 1 rings (SSSR count). The normalized spacial score (nSPS) is 13.9. The fourth-order valence-electron chi connectivity index (χ4n) is 3.04. The molecule has 1 aromatic rings. The predicted molar refractivity (Wildman–Crippen MR) is 124 cm³/mol.